The van der Waals surface area contributed by atoms with Crippen LogP contribution >= 0.6 is 27.3 Å². The van der Waals surface area contributed by atoms with Crippen molar-refractivity contribution in [2.24, 2.45) is 0 Å². The van der Waals surface area contributed by atoms with E-state index in [0.29, 0.717) is 12.6 Å². The predicted molar refractivity (Wildman–Crippen MR) is 87.3 cm³/mol. The summed E-state index contributed by atoms with van der Waals surface area (Å²) in [6.07, 6.45) is 1.87. The van der Waals surface area contributed by atoms with Gasteiger partial charge in [-0.3, -0.25) is 0 Å². The molecular formula is C15H19BrN2OS. The Morgan fingerprint density at radius 3 is 2.80 bits per heavy atom. The van der Waals surface area contributed by atoms with Crippen molar-refractivity contribution in [3.63, 3.8) is 0 Å². The second kappa shape index (κ2) is 7.20. The molecule has 0 saturated heterocycles. The molecular weight excluding hydrogens is 336 g/mol. The van der Waals surface area contributed by atoms with E-state index >= 15 is 0 Å². The van der Waals surface area contributed by atoms with Crippen molar-refractivity contribution >= 4 is 27.3 Å². The summed E-state index contributed by atoms with van der Waals surface area (Å²) in [5.41, 5.74) is 1.24. The number of benzene rings is 1. The first-order valence-corrected chi connectivity index (χ1v) is 8.21. The number of thiazole rings is 1. The minimum atomic E-state index is 0.485. The largest absolute Gasteiger partial charge is 0.487 e. The van der Waals surface area contributed by atoms with E-state index in [1.54, 1.807) is 11.3 Å². The first-order chi connectivity index (χ1) is 9.54. The molecule has 0 atom stereocenters. The van der Waals surface area contributed by atoms with E-state index in [0.717, 1.165) is 26.7 Å². The molecule has 0 amide bonds. The van der Waals surface area contributed by atoms with Crippen molar-refractivity contribution in [3.05, 3.63) is 44.3 Å². The lowest BCUT2D eigenvalue weighted by atomic mass is 10.2. The SMILES string of the molecule is Cc1ncc(COc2ccc(CNC(C)C)cc2Br)s1. The van der Waals surface area contributed by atoms with Crippen molar-refractivity contribution in [3.8, 4) is 5.75 Å². The van der Waals surface area contributed by atoms with Crippen molar-refractivity contribution in [1.29, 1.82) is 0 Å². The molecule has 3 nitrogen and oxygen atoms in total. The number of hydrogen-bond acceptors (Lipinski definition) is 4. The van der Waals surface area contributed by atoms with Gasteiger partial charge in [0.15, 0.2) is 0 Å². The second-order valence-corrected chi connectivity index (χ2v) is 7.11. The van der Waals surface area contributed by atoms with Crippen LogP contribution in [-0.4, -0.2) is 11.0 Å². The third kappa shape index (κ3) is 4.58. The van der Waals surface area contributed by atoms with Gasteiger partial charge in [-0.2, -0.15) is 0 Å². The highest BCUT2D eigenvalue weighted by atomic mass is 79.9. The Hall–Kier alpha value is -0.910. The third-order valence-corrected chi connectivity index (χ3v) is 4.26. The van der Waals surface area contributed by atoms with Crippen LogP contribution in [0.3, 0.4) is 0 Å². The quantitative estimate of drug-likeness (QED) is 0.839. The van der Waals surface area contributed by atoms with Gasteiger partial charge >= 0.3 is 0 Å². The molecule has 1 aromatic carbocycles. The van der Waals surface area contributed by atoms with Crippen LogP contribution in [0, 0.1) is 6.92 Å². The number of nitrogens with one attached hydrogen (secondary N) is 1. The molecule has 2 rings (SSSR count). The monoisotopic (exact) mass is 354 g/mol. The molecule has 0 fully saturated rings. The summed E-state index contributed by atoms with van der Waals surface area (Å²) in [4.78, 5) is 5.36. The van der Waals surface area contributed by atoms with Gasteiger partial charge in [-0.1, -0.05) is 19.9 Å². The summed E-state index contributed by atoms with van der Waals surface area (Å²) >= 11 is 5.23. The zero-order valence-corrected chi connectivity index (χ0v) is 14.3. The molecule has 5 heteroatoms. The van der Waals surface area contributed by atoms with E-state index < -0.39 is 0 Å². The molecule has 0 bridgehead atoms. The van der Waals surface area contributed by atoms with E-state index in [2.05, 4.69) is 52.2 Å². The maximum atomic E-state index is 5.82. The van der Waals surface area contributed by atoms with Crippen LogP contribution in [0.25, 0.3) is 0 Å². The van der Waals surface area contributed by atoms with Crippen LogP contribution < -0.4 is 10.1 Å². The molecule has 0 aliphatic heterocycles. The number of nitrogens with zero attached hydrogens (tertiary/aromatic N) is 1. The maximum Gasteiger partial charge on any atom is 0.134 e. The van der Waals surface area contributed by atoms with Gasteiger partial charge in [-0.15, -0.1) is 11.3 Å². The van der Waals surface area contributed by atoms with Crippen LogP contribution in [0.15, 0.2) is 28.9 Å². The number of ether oxygens (including phenoxy) is 1. The molecule has 0 aliphatic carbocycles. The first-order valence-electron chi connectivity index (χ1n) is 6.60. The minimum Gasteiger partial charge on any atom is -0.487 e. The summed E-state index contributed by atoms with van der Waals surface area (Å²) in [6, 6.07) is 6.69. The lowest BCUT2D eigenvalue weighted by molar-refractivity contribution is 0.307. The number of aryl methyl sites for hydroxylation is 1. The molecule has 20 heavy (non-hydrogen) atoms. The van der Waals surface area contributed by atoms with Gasteiger partial charge in [0.1, 0.15) is 12.4 Å². The smallest absolute Gasteiger partial charge is 0.134 e. The first kappa shape index (κ1) is 15.5. The fourth-order valence-corrected chi connectivity index (χ4v) is 2.96. The van der Waals surface area contributed by atoms with E-state index in [1.165, 1.54) is 5.56 Å². The Morgan fingerprint density at radius 2 is 2.20 bits per heavy atom. The van der Waals surface area contributed by atoms with E-state index in [4.69, 9.17) is 4.74 Å². The van der Waals surface area contributed by atoms with Crippen molar-refractivity contribution in [2.75, 3.05) is 0 Å². The highest BCUT2D eigenvalue weighted by molar-refractivity contribution is 9.10. The maximum absolute atomic E-state index is 5.82. The molecule has 0 unspecified atom stereocenters. The number of hydrogen-bond donors (Lipinski definition) is 1. The average molecular weight is 355 g/mol. The number of aromatic nitrogens is 1. The molecule has 108 valence electrons. The Kier molecular flexibility index (Phi) is 5.57. The molecule has 0 saturated carbocycles. The van der Waals surface area contributed by atoms with E-state index in [1.807, 2.05) is 19.2 Å². The van der Waals surface area contributed by atoms with Gasteiger partial charge in [-0.25, -0.2) is 4.98 Å². The summed E-state index contributed by atoms with van der Waals surface area (Å²) in [7, 11) is 0. The molecule has 0 aliphatic rings. The fourth-order valence-electron chi connectivity index (χ4n) is 1.71. The van der Waals surface area contributed by atoms with Crippen LogP contribution in [-0.2, 0) is 13.2 Å². The van der Waals surface area contributed by atoms with Gasteiger partial charge in [0.05, 0.1) is 14.4 Å². The fraction of sp³-hybridized carbons (Fsp3) is 0.400. The van der Waals surface area contributed by atoms with Crippen molar-refractivity contribution in [2.45, 2.75) is 40.0 Å². The Balaban J connectivity index is 1.95. The Morgan fingerprint density at radius 1 is 1.40 bits per heavy atom. The number of rotatable bonds is 6. The van der Waals surface area contributed by atoms with E-state index in [9.17, 15) is 0 Å². The number of halogens is 1. The standard InChI is InChI=1S/C15H19BrN2OS/c1-10(2)17-7-12-4-5-15(14(16)6-12)19-9-13-8-18-11(3)20-13/h4-6,8,10,17H,7,9H2,1-3H3. The normalized spacial score (nSPS) is 11.1. The molecule has 1 heterocycles. The summed E-state index contributed by atoms with van der Waals surface area (Å²) in [5, 5.41) is 4.47. The van der Waals surface area contributed by atoms with Crippen LogP contribution in [0.4, 0.5) is 0 Å². The van der Waals surface area contributed by atoms with Gasteiger partial charge in [-0.05, 0) is 40.5 Å². The zero-order chi connectivity index (χ0) is 14.5. The van der Waals surface area contributed by atoms with E-state index in [-0.39, 0.29) is 0 Å². The Bertz CT molecular complexity index is 569. The predicted octanol–water partition coefficient (Wildman–Crippen LogP) is 4.29. The lowest BCUT2D eigenvalue weighted by Crippen LogP contribution is -2.21. The Labute approximate surface area is 132 Å². The topological polar surface area (TPSA) is 34.1 Å². The molecule has 0 spiro atoms. The van der Waals surface area contributed by atoms with Crippen molar-refractivity contribution < 1.29 is 4.74 Å². The third-order valence-electron chi connectivity index (χ3n) is 2.75. The zero-order valence-electron chi connectivity index (χ0n) is 11.9. The van der Waals surface area contributed by atoms with Gasteiger partial charge < -0.3 is 10.1 Å². The summed E-state index contributed by atoms with van der Waals surface area (Å²) in [5.74, 6) is 0.865. The highest BCUT2D eigenvalue weighted by Crippen LogP contribution is 2.27. The van der Waals surface area contributed by atoms with Crippen molar-refractivity contribution in [1.82, 2.24) is 10.3 Å². The van der Waals surface area contributed by atoms with Crippen LogP contribution in [0.5, 0.6) is 5.75 Å². The van der Waals surface area contributed by atoms with Gasteiger partial charge in [0.2, 0.25) is 0 Å². The second-order valence-electron chi connectivity index (χ2n) is 4.93. The van der Waals surface area contributed by atoms with Gasteiger partial charge in [0.25, 0.3) is 0 Å². The molecule has 2 aromatic rings. The van der Waals surface area contributed by atoms with Crippen LogP contribution in [0.2, 0.25) is 0 Å². The summed E-state index contributed by atoms with van der Waals surface area (Å²) < 4.78 is 6.81. The lowest BCUT2D eigenvalue weighted by Gasteiger charge is -2.11. The molecule has 1 aromatic heterocycles. The highest BCUT2D eigenvalue weighted by Gasteiger charge is 2.05. The molecule has 0 radical (unpaired) electrons. The minimum absolute atomic E-state index is 0.485. The van der Waals surface area contributed by atoms with Gasteiger partial charge in [0, 0.05) is 18.8 Å². The summed E-state index contributed by atoms with van der Waals surface area (Å²) in [6.45, 7) is 7.71. The van der Waals surface area contributed by atoms with Crippen LogP contribution in [0.1, 0.15) is 29.3 Å². The molecule has 1 N–H and O–H groups in total. The average Bonchev–Trinajstić information content (AvgIpc) is 2.81.